The van der Waals surface area contributed by atoms with Crippen molar-refractivity contribution >= 4 is 23.6 Å². The fraction of sp³-hybridized carbons (Fsp3) is 0.450. The Balaban J connectivity index is 2.21. The van der Waals surface area contributed by atoms with E-state index in [1.165, 1.54) is 4.68 Å². The van der Waals surface area contributed by atoms with Crippen LogP contribution in [0.25, 0.3) is 6.08 Å². The lowest BCUT2D eigenvalue weighted by molar-refractivity contribution is -0.139. The van der Waals surface area contributed by atoms with Crippen molar-refractivity contribution < 1.29 is 9.53 Å². The topological polar surface area (TPSA) is 72.8 Å². The number of aromatic nitrogens is 3. The van der Waals surface area contributed by atoms with Gasteiger partial charge in [0.1, 0.15) is 23.4 Å². The number of aryl methyl sites for hydroxylation is 3. The largest absolute Gasteiger partial charge is 0.457 e. The molecule has 0 unspecified atom stereocenters. The molecule has 0 atom stereocenters. The Morgan fingerprint density at radius 1 is 1.41 bits per heavy atom. The van der Waals surface area contributed by atoms with Gasteiger partial charge in [-0.1, -0.05) is 25.4 Å². The third-order valence-corrected chi connectivity index (χ3v) is 4.89. The molecule has 0 aromatic carbocycles. The highest BCUT2D eigenvalue weighted by Crippen LogP contribution is 2.22. The van der Waals surface area contributed by atoms with E-state index in [9.17, 15) is 10.1 Å². The first kappa shape index (κ1) is 20.8. The van der Waals surface area contributed by atoms with E-state index in [1.54, 1.807) is 20.0 Å². The third-order valence-electron chi connectivity index (χ3n) is 4.42. The predicted octanol–water partition coefficient (Wildman–Crippen LogP) is 4.11. The summed E-state index contributed by atoms with van der Waals surface area (Å²) < 4.78 is 9.00. The maximum absolute atomic E-state index is 12.4. The Morgan fingerprint density at radius 3 is 2.59 bits per heavy atom. The molecule has 0 aliphatic rings. The Labute approximate surface area is 165 Å². The van der Waals surface area contributed by atoms with Crippen LogP contribution in [-0.2, 0) is 29.7 Å². The molecule has 0 spiro atoms. The van der Waals surface area contributed by atoms with Gasteiger partial charge < -0.3 is 9.30 Å². The highest BCUT2D eigenvalue weighted by atomic mass is 35.5. The van der Waals surface area contributed by atoms with Crippen molar-refractivity contribution in [2.45, 2.75) is 47.8 Å². The second kappa shape index (κ2) is 8.45. The van der Waals surface area contributed by atoms with Gasteiger partial charge in [-0.05, 0) is 44.4 Å². The number of carbonyl (C=O) groups excluding carboxylic acids is 1. The molecule has 27 heavy (non-hydrogen) atoms. The molecule has 2 aromatic heterocycles. The smallest absolute Gasteiger partial charge is 0.349 e. The third kappa shape index (κ3) is 4.61. The maximum Gasteiger partial charge on any atom is 0.349 e. The number of esters is 1. The van der Waals surface area contributed by atoms with Crippen molar-refractivity contribution in [2.24, 2.45) is 13.0 Å². The number of hydrogen-bond acceptors (Lipinski definition) is 4. The molecule has 2 aromatic rings. The normalized spacial score (nSPS) is 11.7. The molecule has 144 valence electrons. The molecule has 2 rings (SSSR count). The lowest BCUT2D eigenvalue weighted by Gasteiger charge is -2.12. The van der Waals surface area contributed by atoms with E-state index in [-0.39, 0.29) is 12.2 Å². The zero-order valence-electron chi connectivity index (χ0n) is 16.6. The van der Waals surface area contributed by atoms with E-state index in [0.717, 1.165) is 23.5 Å². The molecule has 2 heterocycles. The summed E-state index contributed by atoms with van der Waals surface area (Å²) >= 11 is 6.15. The molecule has 0 aliphatic heterocycles. The summed E-state index contributed by atoms with van der Waals surface area (Å²) in [7, 11) is 1.72. The molecule has 0 amide bonds. The first-order chi connectivity index (χ1) is 12.6. The fourth-order valence-electron chi connectivity index (χ4n) is 2.97. The molecular weight excluding hydrogens is 364 g/mol. The van der Waals surface area contributed by atoms with E-state index >= 15 is 0 Å². The maximum atomic E-state index is 12.4. The van der Waals surface area contributed by atoms with Crippen LogP contribution in [0.5, 0.6) is 0 Å². The molecule has 7 heteroatoms. The van der Waals surface area contributed by atoms with Crippen LogP contribution >= 0.6 is 11.6 Å². The quantitative estimate of drug-likeness (QED) is 0.424. The average Bonchev–Trinajstić information content (AvgIpc) is 2.99. The second-order valence-corrected chi connectivity index (χ2v) is 7.41. The van der Waals surface area contributed by atoms with E-state index in [0.29, 0.717) is 22.3 Å². The molecule has 0 saturated carbocycles. The van der Waals surface area contributed by atoms with Gasteiger partial charge in [-0.3, -0.25) is 4.68 Å². The van der Waals surface area contributed by atoms with Crippen LogP contribution in [0.1, 0.15) is 42.1 Å². The van der Waals surface area contributed by atoms with Gasteiger partial charge in [0.2, 0.25) is 0 Å². The Bertz CT molecular complexity index is 929. The summed E-state index contributed by atoms with van der Waals surface area (Å²) in [5, 5.41) is 14.0. The summed E-state index contributed by atoms with van der Waals surface area (Å²) in [6.45, 7) is 11.0. The number of nitriles is 1. The van der Waals surface area contributed by atoms with Crippen molar-refractivity contribution in [1.82, 2.24) is 14.3 Å². The van der Waals surface area contributed by atoms with Gasteiger partial charge in [0, 0.05) is 30.5 Å². The van der Waals surface area contributed by atoms with Crippen LogP contribution in [0.2, 0.25) is 5.15 Å². The van der Waals surface area contributed by atoms with Crippen LogP contribution in [-0.4, -0.2) is 20.3 Å². The molecule has 0 saturated heterocycles. The van der Waals surface area contributed by atoms with Crippen molar-refractivity contribution in [3.8, 4) is 6.07 Å². The van der Waals surface area contributed by atoms with E-state index in [4.69, 9.17) is 16.3 Å². The lowest BCUT2D eigenvalue weighted by Crippen LogP contribution is -2.08. The second-order valence-electron chi connectivity index (χ2n) is 7.06. The minimum Gasteiger partial charge on any atom is -0.457 e. The van der Waals surface area contributed by atoms with Crippen molar-refractivity contribution in [1.29, 1.82) is 5.26 Å². The van der Waals surface area contributed by atoms with Gasteiger partial charge in [0.15, 0.2) is 0 Å². The number of carbonyl (C=O) groups is 1. The Hall–Kier alpha value is -2.52. The Morgan fingerprint density at radius 2 is 2.07 bits per heavy atom. The molecule has 0 N–H and O–H groups in total. The van der Waals surface area contributed by atoms with Gasteiger partial charge in [0.05, 0.1) is 5.69 Å². The number of rotatable bonds is 6. The molecule has 6 nitrogen and oxygen atoms in total. The number of hydrogen-bond donors (Lipinski definition) is 0. The lowest BCUT2D eigenvalue weighted by atomic mass is 10.1. The minimum absolute atomic E-state index is 0.0251. The van der Waals surface area contributed by atoms with Crippen LogP contribution < -0.4 is 0 Å². The van der Waals surface area contributed by atoms with Crippen molar-refractivity contribution in [3.63, 3.8) is 0 Å². The molecule has 0 aliphatic carbocycles. The fourth-order valence-corrected chi connectivity index (χ4v) is 3.19. The van der Waals surface area contributed by atoms with E-state index < -0.39 is 5.97 Å². The zero-order chi connectivity index (χ0) is 20.3. The molecule has 0 fully saturated rings. The number of halogens is 1. The summed E-state index contributed by atoms with van der Waals surface area (Å²) in [6.07, 6.45) is 1.58. The molecule has 0 bridgehead atoms. The zero-order valence-corrected chi connectivity index (χ0v) is 17.4. The van der Waals surface area contributed by atoms with Crippen molar-refractivity contribution in [3.05, 3.63) is 45.0 Å². The minimum atomic E-state index is -0.675. The van der Waals surface area contributed by atoms with Crippen molar-refractivity contribution in [2.75, 3.05) is 0 Å². The Kier molecular flexibility index (Phi) is 6.50. The van der Waals surface area contributed by atoms with Gasteiger partial charge in [-0.2, -0.15) is 10.4 Å². The van der Waals surface area contributed by atoms with Crippen LogP contribution in [0, 0.1) is 38.0 Å². The van der Waals surface area contributed by atoms with E-state index in [2.05, 4.69) is 23.5 Å². The summed E-state index contributed by atoms with van der Waals surface area (Å²) in [5.41, 5.74) is 4.24. The molecule has 0 radical (unpaired) electrons. The van der Waals surface area contributed by atoms with E-state index in [1.807, 2.05) is 26.0 Å². The monoisotopic (exact) mass is 388 g/mol. The molecular formula is C20H25ClN4O2. The van der Waals surface area contributed by atoms with Gasteiger partial charge in [-0.25, -0.2) is 4.79 Å². The van der Waals surface area contributed by atoms with Crippen LogP contribution in [0.3, 0.4) is 0 Å². The SMILES string of the molecule is Cc1nn(C)c(Cl)c1COC(=O)/C(C#N)=C\c1cc(C)n(CC(C)C)c1C. The summed E-state index contributed by atoms with van der Waals surface area (Å²) in [5.74, 6) is -0.176. The summed E-state index contributed by atoms with van der Waals surface area (Å²) in [4.78, 5) is 12.4. The van der Waals surface area contributed by atoms with Gasteiger partial charge in [-0.15, -0.1) is 0 Å². The average molecular weight is 389 g/mol. The summed E-state index contributed by atoms with van der Waals surface area (Å²) in [6, 6.07) is 3.92. The van der Waals surface area contributed by atoms with Crippen LogP contribution in [0.15, 0.2) is 11.6 Å². The number of ether oxygens (including phenoxy) is 1. The highest BCUT2D eigenvalue weighted by Gasteiger charge is 2.17. The first-order valence-electron chi connectivity index (χ1n) is 8.79. The standard InChI is InChI=1S/C20H25ClN4O2/c1-12(2)10-25-13(3)7-16(15(25)5)8-17(9-22)20(26)27-11-18-14(4)23-24(6)19(18)21/h7-8,12H,10-11H2,1-6H3/b17-8-. The first-order valence-corrected chi connectivity index (χ1v) is 9.17. The van der Waals surface area contributed by atoms with Crippen LogP contribution in [0.4, 0.5) is 0 Å². The predicted molar refractivity (Wildman–Crippen MR) is 105 cm³/mol. The highest BCUT2D eigenvalue weighted by molar-refractivity contribution is 6.30. The number of nitrogens with zero attached hydrogens (tertiary/aromatic N) is 4. The van der Waals surface area contributed by atoms with Gasteiger partial charge >= 0.3 is 5.97 Å². The van der Waals surface area contributed by atoms with Gasteiger partial charge in [0.25, 0.3) is 0 Å².